The van der Waals surface area contributed by atoms with E-state index in [0.29, 0.717) is 17.7 Å². The lowest BCUT2D eigenvalue weighted by Gasteiger charge is -2.56. The van der Waals surface area contributed by atoms with Crippen LogP contribution in [0.1, 0.15) is 103 Å². The highest BCUT2D eigenvalue weighted by Crippen LogP contribution is 2.62. The van der Waals surface area contributed by atoms with Gasteiger partial charge in [0.05, 0.1) is 0 Å². The highest BCUT2D eigenvalue weighted by molar-refractivity contribution is 5.85. The first-order valence-corrected chi connectivity index (χ1v) is 14.5. The minimum atomic E-state index is -0.0535. The summed E-state index contributed by atoms with van der Waals surface area (Å²) in [5.74, 6) is 6.23. The van der Waals surface area contributed by atoms with E-state index in [0.717, 1.165) is 93.3 Å². The van der Waals surface area contributed by atoms with Crippen LogP contribution >= 0.6 is 0 Å². The lowest BCUT2D eigenvalue weighted by Crippen LogP contribution is -2.59. The molecule has 0 heterocycles. The van der Waals surface area contributed by atoms with E-state index in [1.165, 1.54) is 44.9 Å². The Balaban J connectivity index is 0.963. The lowest BCUT2D eigenvalue weighted by atomic mass is 9.49. The number of fused-ring (bicyclic) bond motifs is 2. The van der Waals surface area contributed by atoms with Gasteiger partial charge in [0.25, 0.3) is 0 Å². The quantitative estimate of drug-likeness (QED) is 0.636. The molecule has 0 saturated heterocycles. The van der Waals surface area contributed by atoms with Gasteiger partial charge in [-0.2, -0.15) is 0 Å². The molecule has 10 bridgehead atoms. The Labute approximate surface area is 198 Å². The number of amides is 2. The third kappa shape index (κ3) is 2.94. The fourth-order valence-corrected chi connectivity index (χ4v) is 12.1. The van der Waals surface area contributed by atoms with Crippen LogP contribution in [0, 0.1) is 52.3 Å². The molecule has 4 heteroatoms. The fourth-order valence-electron chi connectivity index (χ4n) is 12.1. The average molecular weight is 451 g/mol. The lowest BCUT2D eigenvalue weighted by molar-refractivity contribution is -0.148. The Morgan fingerprint density at radius 3 is 1.52 bits per heavy atom. The molecular weight excluding hydrogens is 408 g/mol. The SMILES string of the molecule is O=C(NC1CC2(NC(=O)C34CC5CC(CC(C5)C3)C4)CCC1C2)C12CC3CC(CC(C3)C1)C2. The van der Waals surface area contributed by atoms with Crippen LogP contribution in [0.25, 0.3) is 0 Å². The van der Waals surface area contributed by atoms with Crippen molar-refractivity contribution in [3.63, 3.8) is 0 Å². The monoisotopic (exact) mass is 450 g/mol. The maximum absolute atomic E-state index is 13.8. The molecular formula is C29H42N2O2. The first-order valence-electron chi connectivity index (χ1n) is 14.5. The molecule has 2 N–H and O–H groups in total. The molecule has 10 rings (SSSR count). The molecule has 10 fully saturated rings. The highest BCUT2D eigenvalue weighted by Gasteiger charge is 2.59. The molecule has 0 aromatic carbocycles. The molecule has 0 aliphatic heterocycles. The summed E-state index contributed by atoms with van der Waals surface area (Å²) >= 11 is 0. The number of hydrogen-bond acceptors (Lipinski definition) is 2. The van der Waals surface area contributed by atoms with E-state index in [1.54, 1.807) is 0 Å². The molecule has 10 aliphatic carbocycles. The van der Waals surface area contributed by atoms with Gasteiger partial charge in [-0.3, -0.25) is 9.59 Å². The zero-order chi connectivity index (χ0) is 22.0. The van der Waals surface area contributed by atoms with E-state index < -0.39 is 0 Å². The predicted molar refractivity (Wildman–Crippen MR) is 126 cm³/mol. The normalized spacial score (nSPS) is 57.0. The van der Waals surface area contributed by atoms with Crippen molar-refractivity contribution in [2.24, 2.45) is 52.3 Å². The van der Waals surface area contributed by atoms with Crippen LogP contribution in [0.4, 0.5) is 0 Å². The van der Waals surface area contributed by atoms with E-state index in [1.807, 2.05) is 0 Å². The summed E-state index contributed by atoms with van der Waals surface area (Å²) in [7, 11) is 0. The summed E-state index contributed by atoms with van der Waals surface area (Å²) in [4.78, 5) is 27.5. The van der Waals surface area contributed by atoms with E-state index in [9.17, 15) is 9.59 Å². The van der Waals surface area contributed by atoms with Crippen LogP contribution in [0.3, 0.4) is 0 Å². The minimum Gasteiger partial charge on any atom is -0.353 e. The van der Waals surface area contributed by atoms with Crippen molar-refractivity contribution in [2.45, 2.75) is 114 Å². The van der Waals surface area contributed by atoms with Crippen molar-refractivity contribution in [3.8, 4) is 0 Å². The molecule has 2 amide bonds. The second-order valence-corrected chi connectivity index (χ2v) is 14.9. The van der Waals surface area contributed by atoms with E-state index in [-0.39, 0.29) is 22.4 Å². The van der Waals surface area contributed by atoms with Crippen LogP contribution in [0.15, 0.2) is 0 Å². The minimum absolute atomic E-state index is 0.0372. The molecule has 0 radical (unpaired) electrons. The van der Waals surface area contributed by atoms with Gasteiger partial charge >= 0.3 is 0 Å². The smallest absolute Gasteiger partial charge is 0.226 e. The van der Waals surface area contributed by atoms with Gasteiger partial charge in [0.2, 0.25) is 11.8 Å². The summed E-state index contributed by atoms with van der Waals surface area (Å²) in [6.45, 7) is 0. The first-order chi connectivity index (χ1) is 15.9. The van der Waals surface area contributed by atoms with E-state index in [2.05, 4.69) is 10.6 Å². The predicted octanol–water partition coefficient (Wildman–Crippen LogP) is 4.96. The number of rotatable bonds is 4. The third-order valence-corrected chi connectivity index (χ3v) is 12.6. The maximum Gasteiger partial charge on any atom is 0.226 e. The highest BCUT2D eigenvalue weighted by atomic mass is 16.2. The number of carbonyl (C=O) groups is 2. The molecule has 0 aromatic rings. The van der Waals surface area contributed by atoms with Crippen molar-refractivity contribution >= 4 is 11.8 Å². The molecule has 3 unspecified atom stereocenters. The van der Waals surface area contributed by atoms with Gasteiger partial charge in [-0.1, -0.05) is 0 Å². The molecule has 33 heavy (non-hydrogen) atoms. The summed E-state index contributed by atoms with van der Waals surface area (Å²) in [6.07, 6.45) is 19.6. The van der Waals surface area contributed by atoms with Crippen molar-refractivity contribution in [2.75, 3.05) is 0 Å². The maximum atomic E-state index is 13.8. The van der Waals surface area contributed by atoms with Crippen molar-refractivity contribution < 1.29 is 9.59 Å². The molecule has 10 saturated carbocycles. The van der Waals surface area contributed by atoms with Crippen LogP contribution < -0.4 is 10.6 Å². The van der Waals surface area contributed by atoms with Gasteiger partial charge in [0.1, 0.15) is 0 Å². The second-order valence-electron chi connectivity index (χ2n) is 14.9. The fraction of sp³-hybridized carbons (Fsp3) is 0.931. The second kappa shape index (κ2) is 6.58. The van der Waals surface area contributed by atoms with Crippen molar-refractivity contribution in [1.29, 1.82) is 0 Å². The first kappa shape index (κ1) is 20.2. The van der Waals surface area contributed by atoms with Crippen LogP contribution in [-0.2, 0) is 9.59 Å². The molecule has 0 aromatic heterocycles. The molecule has 10 aliphatic rings. The summed E-state index contributed by atoms with van der Waals surface area (Å²) in [5.41, 5.74) is -0.140. The Hall–Kier alpha value is -1.06. The number of carbonyl (C=O) groups excluding carboxylic acids is 2. The van der Waals surface area contributed by atoms with Gasteiger partial charge in [-0.25, -0.2) is 0 Å². The molecule has 4 nitrogen and oxygen atoms in total. The van der Waals surface area contributed by atoms with Gasteiger partial charge in [-0.05, 0) is 144 Å². The molecule has 0 spiro atoms. The Morgan fingerprint density at radius 1 is 0.576 bits per heavy atom. The van der Waals surface area contributed by atoms with Crippen molar-refractivity contribution in [3.05, 3.63) is 0 Å². The summed E-state index contributed by atoms with van der Waals surface area (Å²) < 4.78 is 0. The van der Waals surface area contributed by atoms with Gasteiger partial charge < -0.3 is 10.6 Å². The zero-order valence-corrected chi connectivity index (χ0v) is 20.2. The van der Waals surface area contributed by atoms with E-state index >= 15 is 0 Å². The molecule has 180 valence electrons. The topological polar surface area (TPSA) is 58.2 Å². The van der Waals surface area contributed by atoms with E-state index in [4.69, 9.17) is 0 Å². The van der Waals surface area contributed by atoms with Crippen molar-refractivity contribution in [1.82, 2.24) is 10.6 Å². The largest absolute Gasteiger partial charge is 0.353 e. The Kier molecular flexibility index (Phi) is 4.02. The van der Waals surface area contributed by atoms with Crippen LogP contribution in [0.2, 0.25) is 0 Å². The zero-order valence-electron chi connectivity index (χ0n) is 20.2. The standard InChI is InChI=1S/C29H42N2O2/c32-25(27-9-17-3-18(10-27)5-19(4-17)11-27)30-24-16-29(2-1-23(24)15-29)31-26(33)28-12-20-6-21(13-28)8-22(7-20)14-28/h17-24H,1-16H2,(H,30,32)(H,31,33). The average Bonchev–Trinajstić information content (AvgIpc) is 3.29. The van der Waals surface area contributed by atoms with Gasteiger partial charge in [0, 0.05) is 22.4 Å². The Morgan fingerprint density at radius 2 is 1.03 bits per heavy atom. The van der Waals surface area contributed by atoms with Gasteiger partial charge in [-0.15, -0.1) is 0 Å². The number of hydrogen-bond donors (Lipinski definition) is 2. The third-order valence-electron chi connectivity index (χ3n) is 12.6. The van der Waals surface area contributed by atoms with Gasteiger partial charge in [0.15, 0.2) is 0 Å². The molecule has 3 atom stereocenters. The van der Waals surface area contributed by atoms with Crippen LogP contribution in [-0.4, -0.2) is 23.4 Å². The summed E-state index contributed by atoms with van der Waals surface area (Å²) in [6, 6.07) is 0.288. The number of nitrogens with one attached hydrogen (secondary N) is 2. The Bertz CT molecular complexity index is 823. The summed E-state index contributed by atoms with van der Waals surface area (Å²) in [5, 5.41) is 7.30. The van der Waals surface area contributed by atoms with Crippen LogP contribution in [0.5, 0.6) is 0 Å².